The van der Waals surface area contributed by atoms with Gasteiger partial charge in [-0.1, -0.05) is 55.7 Å². The minimum absolute atomic E-state index is 0.227. The topological polar surface area (TPSA) is 35.5 Å². The second kappa shape index (κ2) is 10.3. The molecule has 0 bridgehead atoms. The van der Waals surface area contributed by atoms with Crippen molar-refractivity contribution in [2.24, 2.45) is 5.92 Å². The van der Waals surface area contributed by atoms with Gasteiger partial charge >= 0.3 is 6.16 Å². The lowest BCUT2D eigenvalue weighted by molar-refractivity contribution is -0.0383. The highest BCUT2D eigenvalue weighted by molar-refractivity contribution is 7.97. The number of benzene rings is 3. The van der Waals surface area contributed by atoms with E-state index >= 15 is 0 Å². The predicted octanol–water partition coefficient (Wildman–Crippen LogP) is 7.66. The molecule has 3 aromatic carbocycles. The van der Waals surface area contributed by atoms with Crippen LogP contribution in [0.25, 0.3) is 0 Å². The van der Waals surface area contributed by atoms with Crippen LogP contribution in [-0.4, -0.2) is 11.8 Å². The minimum atomic E-state index is -0.626. The molecule has 3 aromatic rings. The Hall–Kier alpha value is -2.72. The van der Waals surface area contributed by atoms with Crippen molar-refractivity contribution in [2.45, 2.75) is 66.2 Å². The summed E-state index contributed by atoms with van der Waals surface area (Å²) in [5.41, 5.74) is -0.509. The third kappa shape index (κ3) is 5.55. The van der Waals surface area contributed by atoms with E-state index in [-0.39, 0.29) is 10.9 Å². The smallest absolute Gasteiger partial charge is 0.428 e. The summed E-state index contributed by atoms with van der Waals surface area (Å²) in [6.45, 7) is 4.00. The lowest BCUT2D eigenvalue weighted by Gasteiger charge is -2.35. The highest BCUT2D eigenvalue weighted by Gasteiger charge is 2.35. The number of ether oxygens (including phenoxy) is 2. The first kappa shape index (κ1) is 22.5. The van der Waals surface area contributed by atoms with Gasteiger partial charge in [-0.25, -0.2) is 4.79 Å². The van der Waals surface area contributed by atoms with Crippen molar-refractivity contribution in [3.05, 3.63) is 84.9 Å². The van der Waals surface area contributed by atoms with Gasteiger partial charge in [-0.3, -0.25) is 0 Å². The molecule has 0 unspecified atom stereocenters. The van der Waals surface area contributed by atoms with Crippen LogP contribution >= 0.6 is 0 Å². The lowest BCUT2D eigenvalue weighted by atomic mass is 9.79. The first-order valence-electron chi connectivity index (χ1n) is 11.4. The normalized spacial score (nSPS) is 14.8. The van der Waals surface area contributed by atoms with E-state index in [0.717, 1.165) is 12.8 Å². The highest BCUT2D eigenvalue weighted by atomic mass is 32.2. The van der Waals surface area contributed by atoms with Crippen molar-refractivity contribution >= 4 is 17.1 Å². The summed E-state index contributed by atoms with van der Waals surface area (Å²) in [7, 11) is -0.227. The zero-order valence-corrected chi connectivity index (χ0v) is 19.6. The number of rotatable bonds is 6. The Balaban J connectivity index is 1.47. The molecule has 0 saturated heterocycles. The summed E-state index contributed by atoms with van der Waals surface area (Å²) in [4.78, 5) is 16.2. The molecule has 0 aliphatic heterocycles. The molecule has 1 fully saturated rings. The Morgan fingerprint density at radius 3 is 1.78 bits per heavy atom. The first-order chi connectivity index (χ1) is 15.5. The molecule has 166 valence electrons. The van der Waals surface area contributed by atoms with Crippen molar-refractivity contribution in [1.82, 2.24) is 0 Å². The Bertz CT molecular complexity index is 954. The van der Waals surface area contributed by atoms with E-state index in [1.165, 1.54) is 33.9 Å². The van der Waals surface area contributed by atoms with Crippen LogP contribution in [0.15, 0.2) is 99.6 Å². The van der Waals surface area contributed by atoms with E-state index in [1.54, 1.807) is 0 Å². The van der Waals surface area contributed by atoms with Gasteiger partial charge in [-0.15, -0.1) is 0 Å². The van der Waals surface area contributed by atoms with Crippen molar-refractivity contribution in [3.8, 4) is 5.75 Å². The monoisotopic (exact) mass is 447 g/mol. The standard InChI is InChI=1S/C28H31O3S/c1-28(2,22-12-6-3-7-13-22)31-27(29)30-23-18-20-26(21-19-23)32(24-14-8-4-9-15-24)25-16-10-5-11-17-25/h4-5,8-11,14-22H,3,6-7,12-13H2,1-2H3/q+1. The summed E-state index contributed by atoms with van der Waals surface area (Å²) in [5.74, 6) is 0.896. The number of carbonyl (C=O) groups excluding carboxylic acids is 1. The van der Waals surface area contributed by atoms with E-state index in [2.05, 4.69) is 48.5 Å². The summed E-state index contributed by atoms with van der Waals surface area (Å²) in [6, 6.07) is 28.8. The van der Waals surface area contributed by atoms with E-state index in [1.807, 2.05) is 50.2 Å². The highest BCUT2D eigenvalue weighted by Crippen LogP contribution is 2.35. The Morgan fingerprint density at radius 2 is 1.25 bits per heavy atom. The fourth-order valence-corrected chi connectivity index (χ4v) is 6.46. The van der Waals surface area contributed by atoms with E-state index in [9.17, 15) is 4.79 Å². The third-order valence-corrected chi connectivity index (χ3v) is 8.38. The molecule has 1 saturated carbocycles. The average Bonchev–Trinajstić information content (AvgIpc) is 2.82. The molecule has 0 spiro atoms. The number of hydrogen-bond acceptors (Lipinski definition) is 3. The molecule has 1 aliphatic rings. The molecule has 4 heteroatoms. The van der Waals surface area contributed by atoms with Crippen LogP contribution in [-0.2, 0) is 15.6 Å². The lowest BCUT2D eigenvalue weighted by Crippen LogP contribution is -2.38. The van der Waals surface area contributed by atoms with Crippen molar-refractivity contribution < 1.29 is 14.3 Å². The first-order valence-corrected chi connectivity index (χ1v) is 12.6. The summed E-state index contributed by atoms with van der Waals surface area (Å²) in [5, 5.41) is 0. The van der Waals surface area contributed by atoms with E-state index < -0.39 is 11.8 Å². The summed E-state index contributed by atoms with van der Waals surface area (Å²) >= 11 is 0. The second-order valence-corrected chi connectivity index (χ2v) is 10.8. The van der Waals surface area contributed by atoms with Gasteiger partial charge in [0.1, 0.15) is 11.4 Å². The molecule has 0 atom stereocenters. The third-order valence-electron chi connectivity index (χ3n) is 6.15. The molecule has 3 nitrogen and oxygen atoms in total. The molecule has 0 heterocycles. The van der Waals surface area contributed by atoms with Crippen LogP contribution in [0.4, 0.5) is 4.79 Å². The molecule has 0 aromatic heterocycles. The Labute approximate surface area is 194 Å². The van der Waals surface area contributed by atoms with E-state index in [0.29, 0.717) is 11.7 Å². The van der Waals surface area contributed by atoms with Gasteiger partial charge in [-0.05, 0) is 81.1 Å². The molecule has 1 aliphatic carbocycles. The molecule has 0 radical (unpaired) electrons. The van der Waals surface area contributed by atoms with Gasteiger partial charge in [0.25, 0.3) is 0 Å². The quantitative estimate of drug-likeness (QED) is 0.221. The second-order valence-electron chi connectivity index (χ2n) is 8.80. The van der Waals surface area contributed by atoms with Crippen molar-refractivity contribution in [2.75, 3.05) is 0 Å². The molecular weight excluding hydrogens is 416 g/mol. The molecule has 0 amide bonds. The molecule has 32 heavy (non-hydrogen) atoms. The minimum Gasteiger partial charge on any atom is -0.428 e. The fraction of sp³-hybridized carbons (Fsp3) is 0.321. The van der Waals surface area contributed by atoms with Gasteiger partial charge < -0.3 is 9.47 Å². The van der Waals surface area contributed by atoms with Crippen LogP contribution in [0.1, 0.15) is 46.0 Å². The van der Waals surface area contributed by atoms with Gasteiger partial charge in [0.2, 0.25) is 0 Å². The SMILES string of the molecule is CC(C)(OC(=O)Oc1ccc([S+](c2ccccc2)c2ccccc2)cc1)C1CCCCC1. The number of carbonyl (C=O) groups is 1. The van der Waals surface area contributed by atoms with E-state index in [4.69, 9.17) is 9.47 Å². The maximum atomic E-state index is 12.5. The van der Waals surface area contributed by atoms with Crippen LogP contribution in [0, 0.1) is 5.92 Å². The van der Waals surface area contributed by atoms with Crippen LogP contribution in [0.5, 0.6) is 5.75 Å². The summed E-state index contributed by atoms with van der Waals surface area (Å²) in [6.07, 6.45) is 5.28. The zero-order chi connectivity index (χ0) is 22.4. The molecule has 0 N–H and O–H groups in total. The average molecular weight is 448 g/mol. The van der Waals surface area contributed by atoms with Gasteiger partial charge in [0, 0.05) is 0 Å². The molecular formula is C28H31O3S+. The van der Waals surface area contributed by atoms with Gasteiger partial charge in [-0.2, -0.15) is 0 Å². The largest absolute Gasteiger partial charge is 0.514 e. The zero-order valence-electron chi connectivity index (χ0n) is 18.8. The van der Waals surface area contributed by atoms with Crippen LogP contribution < -0.4 is 4.74 Å². The molecule has 4 rings (SSSR count). The maximum absolute atomic E-state index is 12.5. The van der Waals surface area contributed by atoms with Gasteiger partial charge in [0.05, 0.1) is 10.9 Å². The maximum Gasteiger partial charge on any atom is 0.514 e. The van der Waals surface area contributed by atoms with Crippen molar-refractivity contribution in [1.29, 1.82) is 0 Å². The Kier molecular flexibility index (Phi) is 7.21. The van der Waals surface area contributed by atoms with Crippen LogP contribution in [0.3, 0.4) is 0 Å². The summed E-state index contributed by atoms with van der Waals surface area (Å²) < 4.78 is 11.3. The predicted molar refractivity (Wildman–Crippen MR) is 129 cm³/mol. The van der Waals surface area contributed by atoms with Crippen molar-refractivity contribution in [3.63, 3.8) is 0 Å². The van der Waals surface area contributed by atoms with Crippen LogP contribution in [0.2, 0.25) is 0 Å². The Morgan fingerprint density at radius 1 is 0.750 bits per heavy atom. The number of hydrogen-bond donors (Lipinski definition) is 0. The fourth-order valence-electron chi connectivity index (χ4n) is 4.38. The van der Waals surface area contributed by atoms with Gasteiger partial charge in [0.15, 0.2) is 14.7 Å².